The number of aryl methyl sites for hydroxylation is 1. The molecule has 0 aliphatic heterocycles. The fraction of sp³-hybridized carbons (Fsp3) is 0.583. The van der Waals surface area contributed by atoms with E-state index in [1.165, 1.54) is 31.3 Å². The van der Waals surface area contributed by atoms with E-state index in [4.69, 9.17) is 5.84 Å². The molecule has 1 atom stereocenters. The maximum Gasteiger partial charge on any atom is 0.0665 e. The summed E-state index contributed by atoms with van der Waals surface area (Å²) in [6.45, 7) is 0. The fourth-order valence-electron chi connectivity index (χ4n) is 2.33. The Labute approximate surface area is 96.5 Å². The average molecular weight is 220 g/mol. The molecule has 0 amide bonds. The van der Waals surface area contributed by atoms with Crippen LogP contribution in [-0.2, 0) is 7.05 Å². The summed E-state index contributed by atoms with van der Waals surface area (Å²) in [5.74, 6) is 5.63. The first-order valence-corrected chi connectivity index (χ1v) is 5.93. The van der Waals surface area contributed by atoms with Gasteiger partial charge < -0.3 is 0 Å². The van der Waals surface area contributed by atoms with Crippen LogP contribution in [0.4, 0.5) is 0 Å². The van der Waals surface area contributed by atoms with E-state index in [2.05, 4.69) is 16.6 Å². The first-order valence-electron chi connectivity index (χ1n) is 5.93. The number of nitrogens with zero attached hydrogens (tertiary/aromatic N) is 2. The number of nitrogens with two attached hydrogens (primary N) is 1. The molecule has 1 aliphatic rings. The Morgan fingerprint density at radius 1 is 1.56 bits per heavy atom. The molecule has 0 fully saturated rings. The van der Waals surface area contributed by atoms with E-state index in [1.54, 1.807) is 0 Å². The molecule has 1 aliphatic carbocycles. The van der Waals surface area contributed by atoms with Crippen molar-refractivity contribution in [2.24, 2.45) is 12.9 Å². The molecule has 1 aromatic rings. The van der Waals surface area contributed by atoms with Crippen LogP contribution in [0.5, 0.6) is 0 Å². The van der Waals surface area contributed by atoms with Gasteiger partial charge in [-0.2, -0.15) is 5.10 Å². The summed E-state index contributed by atoms with van der Waals surface area (Å²) in [5.41, 5.74) is 5.56. The van der Waals surface area contributed by atoms with Crippen LogP contribution in [0.25, 0.3) is 0 Å². The molecule has 0 aromatic carbocycles. The topological polar surface area (TPSA) is 55.9 Å². The number of nitrogens with one attached hydrogen (secondary N) is 1. The largest absolute Gasteiger partial charge is 0.271 e. The van der Waals surface area contributed by atoms with Crippen LogP contribution in [0.1, 0.15) is 43.8 Å². The molecule has 3 N–H and O–H groups in total. The Hall–Kier alpha value is -1.13. The highest BCUT2D eigenvalue weighted by Crippen LogP contribution is 2.26. The Bertz CT molecular complexity index is 367. The minimum absolute atomic E-state index is 0.178. The summed E-state index contributed by atoms with van der Waals surface area (Å²) in [6, 6.07) is 2.20. The highest BCUT2D eigenvalue weighted by molar-refractivity contribution is 5.14. The van der Waals surface area contributed by atoms with E-state index in [-0.39, 0.29) is 6.04 Å². The third kappa shape index (κ3) is 2.51. The van der Waals surface area contributed by atoms with Crippen LogP contribution >= 0.6 is 0 Å². The van der Waals surface area contributed by atoms with Crippen LogP contribution < -0.4 is 11.3 Å². The van der Waals surface area contributed by atoms with Gasteiger partial charge in [-0.15, -0.1) is 0 Å². The van der Waals surface area contributed by atoms with Crippen molar-refractivity contribution < 1.29 is 0 Å². The van der Waals surface area contributed by atoms with Crippen LogP contribution in [0.2, 0.25) is 0 Å². The molecule has 2 rings (SSSR count). The Morgan fingerprint density at radius 2 is 2.44 bits per heavy atom. The van der Waals surface area contributed by atoms with Gasteiger partial charge in [0, 0.05) is 13.2 Å². The molecule has 4 nitrogen and oxygen atoms in total. The minimum Gasteiger partial charge on any atom is -0.271 e. The number of hydrogen-bond donors (Lipinski definition) is 2. The molecule has 1 aromatic heterocycles. The van der Waals surface area contributed by atoms with E-state index >= 15 is 0 Å². The number of hydrogen-bond acceptors (Lipinski definition) is 3. The molecule has 1 unspecified atom stereocenters. The summed E-state index contributed by atoms with van der Waals surface area (Å²) in [6.07, 6.45) is 10.3. The second kappa shape index (κ2) is 5.27. The fourth-order valence-corrected chi connectivity index (χ4v) is 2.33. The van der Waals surface area contributed by atoms with Crippen LogP contribution in [0, 0.1) is 0 Å². The van der Waals surface area contributed by atoms with E-state index < -0.39 is 0 Å². The van der Waals surface area contributed by atoms with Crippen molar-refractivity contribution in [1.82, 2.24) is 15.2 Å². The van der Waals surface area contributed by atoms with Gasteiger partial charge in [0.05, 0.1) is 11.7 Å². The second-order valence-corrected chi connectivity index (χ2v) is 4.41. The van der Waals surface area contributed by atoms with Gasteiger partial charge in [-0.05, 0) is 38.2 Å². The molecule has 0 saturated heterocycles. The lowest BCUT2D eigenvalue weighted by molar-refractivity contribution is 0.493. The minimum atomic E-state index is 0.178. The zero-order chi connectivity index (χ0) is 11.4. The maximum atomic E-state index is 5.63. The lowest BCUT2D eigenvalue weighted by atomic mass is 9.93. The lowest BCUT2D eigenvalue weighted by Crippen LogP contribution is -2.30. The zero-order valence-corrected chi connectivity index (χ0v) is 9.82. The molecular weight excluding hydrogens is 200 g/mol. The summed E-state index contributed by atoms with van der Waals surface area (Å²) in [7, 11) is 1.95. The van der Waals surface area contributed by atoms with Crippen molar-refractivity contribution in [3.05, 3.63) is 29.6 Å². The van der Waals surface area contributed by atoms with Crippen molar-refractivity contribution in [2.45, 2.75) is 38.1 Å². The Kier molecular flexibility index (Phi) is 3.74. The van der Waals surface area contributed by atoms with Crippen molar-refractivity contribution in [3.63, 3.8) is 0 Å². The quantitative estimate of drug-likeness (QED) is 0.462. The molecule has 88 valence electrons. The summed E-state index contributed by atoms with van der Waals surface area (Å²) >= 11 is 0. The van der Waals surface area contributed by atoms with Crippen molar-refractivity contribution >= 4 is 0 Å². The van der Waals surface area contributed by atoms with Gasteiger partial charge in [-0.25, -0.2) is 0 Å². The number of allylic oxidation sites excluding steroid dienone is 1. The SMILES string of the molecule is Cn1nccc1C(CC1=CCCCC1)NN. The van der Waals surface area contributed by atoms with Gasteiger partial charge in [0.25, 0.3) is 0 Å². The van der Waals surface area contributed by atoms with E-state index in [0.717, 1.165) is 12.1 Å². The molecular formula is C12H20N4. The van der Waals surface area contributed by atoms with Gasteiger partial charge in [0.2, 0.25) is 0 Å². The highest BCUT2D eigenvalue weighted by Gasteiger charge is 2.16. The number of rotatable bonds is 4. The monoisotopic (exact) mass is 220 g/mol. The Balaban J connectivity index is 2.06. The molecule has 0 spiro atoms. The summed E-state index contributed by atoms with van der Waals surface area (Å²) < 4.78 is 1.88. The van der Waals surface area contributed by atoms with Gasteiger partial charge in [-0.3, -0.25) is 16.0 Å². The van der Waals surface area contributed by atoms with Crippen LogP contribution in [0.15, 0.2) is 23.9 Å². The summed E-state index contributed by atoms with van der Waals surface area (Å²) in [4.78, 5) is 0. The predicted molar refractivity (Wildman–Crippen MR) is 64.4 cm³/mol. The number of hydrazine groups is 1. The van der Waals surface area contributed by atoms with Crippen molar-refractivity contribution in [1.29, 1.82) is 0 Å². The highest BCUT2D eigenvalue weighted by atomic mass is 15.3. The van der Waals surface area contributed by atoms with Gasteiger partial charge in [0.1, 0.15) is 0 Å². The van der Waals surface area contributed by atoms with Crippen LogP contribution in [-0.4, -0.2) is 9.78 Å². The molecule has 0 bridgehead atoms. The van der Waals surface area contributed by atoms with Crippen molar-refractivity contribution in [2.75, 3.05) is 0 Å². The number of aromatic nitrogens is 2. The molecule has 0 radical (unpaired) electrons. The first kappa shape index (κ1) is 11.4. The predicted octanol–water partition coefficient (Wildman–Crippen LogP) is 1.81. The third-order valence-electron chi connectivity index (χ3n) is 3.27. The maximum absolute atomic E-state index is 5.63. The average Bonchev–Trinajstić information content (AvgIpc) is 2.74. The van der Waals surface area contributed by atoms with E-state index in [0.29, 0.717) is 0 Å². The normalized spacial score (nSPS) is 18.2. The smallest absolute Gasteiger partial charge is 0.0665 e. The molecule has 4 heteroatoms. The lowest BCUT2D eigenvalue weighted by Gasteiger charge is -2.20. The molecule has 1 heterocycles. The van der Waals surface area contributed by atoms with Crippen LogP contribution in [0.3, 0.4) is 0 Å². The standard InChI is InChI=1S/C12H20N4/c1-16-12(7-8-14-16)11(15-13)9-10-5-3-2-4-6-10/h5,7-8,11,15H,2-4,6,9,13H2,1H3. The molecule has 16 heavy (non-hydrogen) atoms. The third-order valence-corrected chi connectivity index (χ3v) is 3.27. The first-order chi connectivity index (χ1) is 7.81. The molecule has 0 saturated carbocycles. The van der Waals surface area contributed by atoms with E-state index in [9.17, 15) is 0 Å². The second-order valence-electron chi connectivity index (χ2n) is 4.41. The van der Waals surface area contributed by atoms with Crippen molar-refractivity contribution in [3.8, 4) is 0 Å². The van der Waals surface area contributed by atoms with Gasteiger partial charge in [-0.1, -0.05) is 11.6 Å². The van der Waals surface area contributed by atoms with Gasteiger partial charge in [0.15, 0.2) is 0 Å². The van der Waals surface area contributed by atoms with Gasteiger partial charge >= 0.3 is 0 Å². The van der Waals surface area contributed by atoms with E-state index in [1.807, 2.05) is 24.0 Å². The zero-order valence-electron chi connectivity index (χ0n) is 9.82. The summed E-state index contributed by atoms with van der Waals surface area (Å²) in [5, 5.41) is 4.18. The Morgan fingerprint density at radius 3 is 3.00 bits per heavy atom.